The number of imidazole rings is 1. The smallest absolute Gasteiger partial charge is 0.352 e. The lowest BCUT2D eigenvalue weighted by Gasteiger charge is -2.49. The molecule has 180 valence electrons. The maximum absolute atomic E-state index is 13.0. The summed E-state index contributed by atoms with van der Waals surface area (Å²) in [5, 5.41) is 16.1. The second kappa shape index (κ2) is 9.03. The van der Waals surface area contributed by atoms with Gasteiger partial charge in [0.2, 0.25) is 12.3 Å². The molecular weight excluding hydrogens is 494 g/mol. The summed E-state index contributed by atoms with van der Waals surface area (Å²) < 4.78 is 3.83. The molecule has 0 saturated carbocycles. The molecule has 0 aromatic carbocycles. The van der Waals surface area contributed by atoms with Gasteiger partial charge < -0.3 is 21.5 Å². The molecule has 2 aliphatic heterocycles. The lowest BCUT2D eigenvalue weighted by molar-refractivity contribution is -0.662. The van der Waals surface area contributed by atoms with E-state index in [1.54, 1.807) is 5.38 Å². The predicted octanol–water partition coefficient (Wildman–Crippen LogP) is -0.509. The van der Waals surface area contributed by atoms with Crippen LogP contribution in [0.15, 0.2) is 53.4 Å². The Labute approximate surface area is 206 Å². The Morgan fingerprint density at radius 3 is 2.91 bits per heavy atom. The number of carboxylic acid groups (broad SMARTS) is 1. The van der Waals surface area contributed by atoms with E-state index in [0.717, 1.165) is 17.0 Å². The van der Waals surface area contributed by atoms with Gasteiger partial charge in [0.1, 0.15) is 36.1 Å². The zero-order valence-electron chi connectivity index (χ0n) is 18.0. The van der Waals surface area contributed by atoms with E-state index < -0.39 is 35.2 Å². The van der Waals surface area contributed by atoms with Gasteiger partial charge in [0.15, 0.2) is 11.2 Å². The molecule has 0 radical (unpaired) electrons. The number of nitrogen functional groups attached to an aromatic ring is 1. The summed E-state index contributed by atoms with van der Waals surface area (Å²) in [5.41, 5.74) is 7.29. The van der Waals surface area contributed by atoms with Crippen LogP contribution in [-0.4, -0.2) is 60.8 Å². The molecule has 1 unspecified atom stereocenters. The second-order valence-corrected chi connectivity index (χ2v) is 9.87. The van der Waals surface area contributed by atoms with Gasteiger partial charge in [0, 0.05) is 22.8 Å². The number of nitrogens with one attached hydrogen (secondary N) is 2. The van der Waals surface area contributed by atoms with Crippen molar-refractivity contribution in [2.24, 2.45) is 0 Å². The third-order valence-electron chi connectivity index (χ3n) is 5.81. The maximum atomic E-state index is 13.0. The van der Waals surface area contributed by atoms with E-state index in [0.29, 0.717) is 24.3 Å². The Bertz CT molecular complexity index is 1380. The molecule has 0 aliphatic carbocycles. The quantitative estimate of drug-likeness (QED) is 0.177. The van der Waals surface area contributed by atoms with Crippen LogP contribution in [0.2, 0.25) is 0 Å². The number of nitrogens with zero attached hydrogens (tertiary/aromatic N) is 4. The van der Waals surface area contributed by atoms with Crippen LogP contribution in [0.3, 0.4) is 0 Å². The van der Waals surface area contributed by atoms with E-state index in [1.165, 1.54) is 16.7 Å². The number of pyridine rings is 1. The number of nitrogens with two attached hydrogens (primary N) is 1. The van der Waals surface area contributed by atoms with Crippen molar-refractivity contribution in [1.29, 1.82) is 0 Å². The summed E-state index contributed by atoms with van der Waals surface area (Å²) in [5.74, 6) is -1.99. The maximum Gasteiger partial charge on any atom is 0.352 e. The van der Waals surface area contributed by atoms with Gasteiger partial charge >= 0.3 is 5.97 Å². The summed E-state index contributed by atoms with van der Waals surface area (Å²) in [7, 11) is 0. The number of anilines is 1. The number of carbonyl (C=O) groups excluding carboxylic acids is 3. The summed E-state index contributed by atoms with van der Waals surface area (Å²) in [4.78, 5) is 54.3. The molecule has 14 heteroatoms. The first-order valence-electron chi connectivity index (χ1n) is 10.4. The number of thioether (sulfide) groups is 1. The fraction of sp³-hybridized carbons (Fsp3) is 0.238. The molecule has 5 heterocycles. The highest BCUT2D eigenvalue weighted by atomic mass is 32.2. The molecule has 5 N–H and O–H groups in total. The van der Waals surface area contributed by atoms with Crippen LogP contribution in [-0.2, 0) is 25.7 Å². The Hall–Kier alpha value is -3.91. The number of aromatic nitrogens is 3. The SMILES string of the molecule is Nc1nc(C(NC=O)C(=O)N[C@@H]2C(=O)N3C(C(=O)O)=C(C[n+]4ccn5ccccc54)CS[C@H]23)cs1. The average molecular weight is 515 g/mol. The average Bonchev–Trinajstić information content (AvgIpc) is 3.46. The van der Waals surface area contributed by atoms with Crippen LogP contribution < -0.4 is 20.9 Å². The molecule has 35 heavy (non-hydrogen) atoms. The molecule has 3 aromatic heterocycles. The number of hydrogen-bond acceptors (Lipinski definition) is 8. The third kappa shape index (κ3) is 4.00. The van der Waals surface area contributed by atoms with Crippen molar-refractivity contribution in [2.75, 3.05) is 11.5 Å². The number of hydrogen-bond donors (Lipinski definition) is 4. The van der Waals surface area contributed by atoms with E-state index >= 15 is 0 Å². The van der Waals surface area contributed by atoms with E-state index in [4.69, 9.17) is 5.73 Å². The zero-order chi connectivity index (χ0) is 24.7. The van der Waals surface area contributed by atoms with Gasteiger partial charge in [0.25, 0.3) is 11.6 Å². The van der Waals surface area contributed by atoms with E-state index in [1.807, 2.05) is 45.8 Å². The van der Waals surface area contributed by atoms with E-state index in [-0.39, 0.29) is 16.5 Å². The fourth-order valence-electron chi connectivity index (χ4n) is 4.22. The zero-order valence-corrected chi connectivity index (χ0v) is 19.7. The van der Waals surface area contributed by atoms with Gasteiger partial charge in [-0.1, -0.05) is 6.07 Å². The molecule has 1 fully saturated rings. The minimum absolute atomic E-state index is 0.0677. The van der Waals surface area contributed by atoms with Gasteiger partial charge in [-0.15, -0.1) is 23.1 Å². The fourth-order valence-corrected chi connectivity index (χ4v) is 6.15. The minimum Gasteiger partial charge on any atom is -0.477 e. The molecule has 5 rings (SSSR count). The largest absolute Gasteiger partial charge is 0.477 e. The number of amides is 3. The summed E-state index contributed by atoms with van der Waals surface area (Å²) in [6, 6.07) is 3.65. The molecule has 0 spiro atoms. The van der Waals surface area contributed by atoms with Gasteiger partial charge in [-0.25, -0.2) is 18.7 Å². The molecule has 12 nitrogen and oxygen atoms in total. The van der Waals surface area contributed by atoms with Gasteiger partial charge in [0.05, 0.1) is 11.9 Å². The number of thiazole rings is 1. The van der Waals surface area contributed by atoms with Crippen molar-refractivity contribution in [3.05, 3.63) is 59.1 Å². The van der Waals surface area contributed by atoms with Crippen molar-refractivity contribution in [2.45, 2.75) is 24.0 Å². The number of β-lactam (4-membered cyclic amide) rings is 1. The standard InChI is InChI=1S/C21H19N7O5S2/c22-21-24-12(9-35-21)14(23-10-29)17(30)25-15-18(31)28-16(20(32)33)11(8-34-19(15)28)7-27-6-5-26-4-2-1-3-13(26)27/h1-6,9-10,14-15,19H,7-8H2,(H4-,22,23,24,25,29,30,32,33)/p+1/t14?,15-,19-/m1/s1. The Kier molecular flexibility index (Phi) is 5.90. The Morgan fingerprint density at radius 2 is 2.20 bits per heavy atom. The highest BCUT2D eigenvalue weighted by Crippen LogP contribution is 2.40. The first-order chi connectivity index (χ1) is 16.9. The van der Waals surface area contributed by atoms with Crippen molar-refractivity contribution < 1.29 is 28.9 Å². The normalized spacial score (nSPS) is 20.2. The van der Waals surface area contributed by atoms with Gasteiger partial charge in [-0.2, -0.15) is 0 Å². The van der Waals surface area contributed by atoms with Crippen LogP contribution in [0.1, 0.15) is 11.7 Å². The third-order valence-corrected chi connectivity index (χ3v) is 7.84. The molecule has 1 saturated heterocycles. The van der Waals surface area contributed by atoms with Crippen LogP contribution in [0, 0.1) is 0 Å². The second-order valence-electron chi connectivity index (χ2n) is 7.87. The highest BCUT2D eigenvalue weighted by Gasteiger charge is 2.54. The molecule has 3 amide bonds. The van der Waals surface area contributed by atoms with Crippen molar-refractivity contribution in [3.8, 4) is 0 Å². The number of aliphatic carboxylic acids is 1. The minimum atomic E-state index is -1.20. The molecular formula is C21H20N7O5S2+. The van der Waals surface area contributed by atoms with Gasteiger partial charge in [-0.3, -0.25) is 19.3 Å². The number of carboxylic acids is 1. The molecule has 2 aliphatic rings. The van der Waals surface area contributed by atoms with Crippen molar-refractivity contribution in [3.63, 3.8) is 0 Å². The molecule has 3 aromatic rings. The van der Waals surface area contributed by atoms with Crippen LogP contribution >= 0.6 is 23.1 Å². The molecule has 0 bridgehead atoms. The summed E-state index contributed by atoms with van der Waals surface area (Å²) in [6.07, 6.45) is 5.98. The van der Waals surface area contributed by atoms with Crippen molar-refractivity contribution in [1.82, 2.24) is 24.9 Å². The Balaban J connectivity index is 1.36. The number of carbonyl (C=O) groups is 4. The van der Waals surface area contributed by atoms with Crippen LogP contribution in [0.4, 0.5) is 5.13 Å². The number of fused-ring (bicyclic) bond motifs is 2. The number of rotatable bonds is 8. The summed E-state index contributed by atoms with van der Waals surface area (Å²) in [6.45, 7) is 0.305. The predicted molar refractivity (Wildman–Crippen MR) is 126 cm³/mol. The topological polar surface area (TPSA) is 163 Å². The lowest BCUT2D eigenvalue weighted by Crippen LogP contribution is -2.71. The summed E-state index contributed by atoms with van der Waals surface area (Å²) >= 11 is 2.49. The van der Waals surface area contributed by atoms with E-state index in [2.05, 4.69) is 15.6 Å². The van der Waals surface area contributed by atoms with Crippen LogP contribution in [0.5, 0.6) is 0 Å². The lowest BCUT2D eigenvalue weighted by atomic mass is 10.0. The van der Waals surface area contributed by atoms with Gasteiger partial charge in [-0.05, 0) is 6.07 Å². The first-order valence-corrected chi connectivity index (χ1v) is 12.4. The Morgan fingerprint density at radius 1 is 1.37 bits per heavy atom. The van der Waals surface area contributed by atoms with E-state index in [9.17, 15) is 24.3 Å². The van der Waals surface area contributed by atoms with Crippen LogP contribution in [0.25, 0.3) is 5.65 Å². The highest BCUT2D eigenvalue weighted by molar-refractivity contribution is 8.00. The molecule has 3 atom stereocenters. The first kappa shape index (κ1) is 22.9. The van der Waals surface area contributed by atoms with Crippen molar-refractivity contribution >= 4 is 58.1 Å². The monoisotopic (exact) mass is 514 g/mol.